The van der Waals surface area contributed by atoms with Crippen molar-refractivity contribution < 1.29 is 18.6 Å². The minimum atomic E-state index is -0.205. The van der Waals surface area contributed by atoms with Crippen LogP contribution < -0.4 is 0 Å². The third kappa shape index (κ3) is 3.43. The predicted octanol–water partition coefficient (Wildman–Crippen LogP) is 4.98. The van der Waals surface area contributed by atoms with Crippen molar-refractivity contribution in [1.82, 2.24) is 0 Å². The van der Waals surface area contributed by atoms with E-state index in [9.17, 15) is 0 Å². The van der Waals surface area contributed by atoms with Crippen molar-refractivity contribution >= 4 is 14.2 Å². The van der Waals surface area contributed by atoms with Crippen LogP contribution >= 0.6 is 0 Å². The summed E-state index contributed by atoms with van der Waals surface area (Å²) in [7, 11) is -0.0593. The first-order chi connectivity index (χ1) is 12.2. The standard InChI is InChI=1S/C21H38B2O4/c1-17(2)18(3,4)25-22(24-17)13-15-9-21(10-15)11-16(12-21)14-23-26-19(5,6)20(7,8)27-23/h15-16H,9-14H2,1-8H3. The van der Waals surface area contributed by atoms with Crippen LogP contribution in [0.2, 0.25) is 12.6 Å². The van der Waals surface area contributed by atoms with E-state index in [0.29, 0.717) is 5.41 Å². The first kappa shape index (κ1) is 20.3. The molecule has 0 bridgehead atoms. The monoisotopic (exact) mass is 376 g/mol. The summed E-state index contributed by atoms with van der Waals surface area (Å²) in [6, 6.07) is 0. The van der Waals surface area contributed by atoms with Crippen molar-refractivity contribution in [2.75, 3.05) is 0 Å². The molecule has 0 N–H and O–H groups in total. The van der Waals surface area contributed by atoms with Crippen molar-refractivity contribution in [1.29, 1.82) is 0 Å². The van der Waals surface area contributed by atoms with Crippen LogP contribution in [0.1, 0.15) is 81.1 Å². The largest absolute Gasteiger partial charge is 0.458 e. The fourth-order valence-corrected chi connectivity index (χ4v) is 5.66. The van der Waals surface area contributed by atoms with Gasteiger partial charge in [0.2, 0.25) is 0 Å². The van der Waals surface area contributed by atoms with Crippen LogP contribution in [0.5, 0.6) is 0 Å². The molecule has 2 aliphatic carbocycles. The number of hydrogen-bond donors (Lipinski definition) is 0. The Labute approximate surface area is 166 Å². The molecule has 4 aliphatic rings. The summed E-state index contributed by atoms with van der Waals surface area (Å²) in [5.41, 5.74) is -0.220. The van der Waals surface area contributed by atoms with E-state index < -0.39 is 0 Å². The molecule has 2 saturated heterocycles. The van der Waals surface area contributed by atoms with Gasteiger partial charge in [0, 0.05) is 0 Å². The highest BCUT2D eigenvalue weighted by Crippen LogP contribution is 2.63. The van der Waals surface area contributed by atoms with E-state index >= 15 is 0 Å². The zero-order valence-corrected chi connectivity index (χ0v) is 18.7. The van der Waals surface area contributed by atoms with E-state index in [0.717, 1.165) is 24.5 Å². The van der Waals surface area contributed by atoms with Gasteiger partial charge in [-0.2, -0.15) is 0 Å². The first-order valence-corrected chi connectivity index (χ1v) is 10.9. The molecule has 27 heavy (non-hydrogen) atoms. The number of hydrogen-bond acceptors (Lipinski definition) is 4. The molecule has 2 heterocycles. The van der Waals surface area contributed by atoms with Crippen LogP contribution in [0.15, 0.2) is 0 Å². The summed E-state index contributed by atoms with van der Waals surface area (Å²) in [5.74, 6) is 1.52. The highest BCUT2D eigenvalue weighted by Gasteiger charge is 2.58. The van der Waals surface area contributed by atoms with Gasteiger partial charge in [-0.05, 0) is 111 Å². The fraction of sp³-hybridized carbons (Fsp3) is 1.00. The molecule has 0 aromatic carbocycles. The second kappa shape index (κ2) is 6.00. The Balaban J connectivity index is 1.19. The van der Waals surface area contributed by atoms with Crippen molar-refractivity contribution in [2.45, 2.75) is 116 Å². The maximum Gasteiger partial charge on any atom is 0.458 e. The van der Waals surface area contributed by atoms with Gasteiger partial charge >= 0.3 is 14.2 Å². The Kier molecular flexibility index (Phi) is 4.50. The molecule has 2 aliphatic heterocycles. The van der Waals surface area contributed by atoms with Crippen molar-refractivity contribution in [3.63, 3.8) is 0 Å². The second-order valence-corrected chi connectivity index (χ2v) is 11.9. The quantitative estimate of drug-likeness (QED) is 0.649. The molecule has 0 radical (unpaired) electrons. The van der Waals surface area contributed by atoms with Gasteiger partial charge in [-0.25, -0.2) is 0 Å². The van der Waals surface area contributed by atoms with Gasteiger partial charge in [0.25, 0.3) is 0 Å². The maximum absolute atomic E-state index is 6.18. The van der Waals surface area contributed by atoms with Crippen molar-refractivity contribution in [3.05, 3.63) is 0 Å². The van der Waals surface area contributed by atoms with Crippen LogP contribution in [0.3, 0.4) is 0 Å². The average Bonchev–Trinajstić information content (AvgIpc) is 2.72. The Morgan fingerprint density at radius 3 is 1.07 bits per heavy atom. The molecule has 0 unspecified atom stereocenters. The maximum atomic E-state index is 6.18. The van der Waals surface area contributed by atoms with E-state index in [4.69, 9.17) is 18.6 Å². The molecule has 4 nitrogen and oxygen atoms in total. The van der Waals surface area contributed by atoms with E-state index in [-0.39, 0.29) is 36.6 Å². The van der Waals surface area contributed by atoms with E-state index in [1.165, 1.54) is 25.7 Å². The van der Waals surface area contributed by atoms with Gasteiger partial charge in [0.05, 0.1) is 22.4 Å². The summed E-state index contributed by atoms with van der Waals surface area (Å²) in [4.78, 5) is 0. The lowest BCUT2D eigenvalue weighted by atomic mass is 9.44. The van der Waals surface area contributed by atoms with E-state index in [1.54, 1.807) is 0 Å². The molecule has 0 amide bonds. The lowest BCUT2D eigenvalue weighted by Crippen LogP contribution is -2.49. The molecule has 4 rings (SSSR count). The minimum absolute atomic E-state index is 0.0297. The first-order valence-electron chi connectivity index (χ1n) is 10.9. The highest BCUT2D eigenvalue weighted by atomic mass is 16.7. The Bertz CT molecular complexity index is 501. The van der Waals surface area contributed by atoms with Crippen molar-refractivity contribution in [3.8, 4) is 0 Å². The zero-order valence-electron chi connectivity index (χ0n) is 18.7. The molecular weight excluding hydrogens is 338 g/mol. The molecule has 152 valence electrons. The van der Waals surface area contributed by atoms with Crippen LogP contribution in [-0.2, 0) is 18.6 Å². The third-order valence-corrected chi connectivity index (χ3v) is 8.54. The van der Waals surface area contributed by atoms with Gasteiger partial charge in [-0.1, -0.05) is 0 Å². The Hall–Kier alpha value is -0.0301. The molecule has 0 aromatic rings. The lowest BCUT2D eigenvalue weighted by molar-refractivity contribution is -0.0584. The lowest BCUT2D eigenvalue weighted by Gasteiger charge is -2.58. The normalized spacial score (nSPS) is 40.9. The van der Waals surface area contributed by atoms with Crippen molar-refractivity contribution in [2.24, 2.45) is 17.3 Å². The Morgan fingerprint density at radius 1 is 0.556 bits per heavy atom. The molecule has 0 atom stereocenters. The summed E-state index contributed by atoms with van der Waals surface area (Å²) in [6.45, 7) is 17.1. The molecule has 6 heteroatoms. The van der Waals surface area contributed by atoms with E-state index in [2.05, 4.69) is 55.4 Å². The topological polar surface area (TPSA) is 36.9 Å². The van der Waals surface area contributed by atoms with Crippen LogP contribution in [0.4, 0.5) is 0 Å². The fourth-order valence-electron chi connectivity index (χ4n) is 5.66. The molecule has 4 fully saturated rings. The zero-order chi connectivity index (χ0) is 19.9. The summed E-state index contributed by atoms with van der Waals surface area (Å²) in [5, 5.41) is 0. The smallest absolute Gasteiger partial charge is 0.403 e. The Morgan fingerprint density at radius 2 is 0.815 bits per heavy atom. The summed E-state index contributed by atoms with van der Waals surface area (Å²) < 4.78 is 24.7. The van der Waals surface area contributed by atoms with Gasteiger partial charge in [-0.15, -0.1) is 0 Å². The summed E-state index contributed by atoms with van der Waals surface area (Å²) >= 11 is 0. The van der Waals surface area contributed by atoms with Gasteiger partial charge in [0.1, 0.15) is 0 Å². The molecule has 1 spiro atoms. The van der Waals surface area contributed by atoms with Crippen LogP contribution in [0.25, 0.3) is 0 Å². The van der Waals surface area contributed by atoms with E-state index in [1.807, 2.05) is 0 Å². The third-order valence-electron chi connectivity index (χ3n) is 8.54. The van der Waals surface area contributed by atoms with Gasteiger partial charge in [-0.3, -0.25) is 0 Å². The van der Waals surface area contributed by atoms with Crippen LogP contribution in [0, 0.1) is 17.3 Å². The predicted molar refractivity (Wildman–Crippen MR) is 110 cm³/mol. The molecule has 0 aromatic heterocycles. The second-order valence-electron chi connectivity index (χ2n) is 11.9. The highest BCUT2D eigenvalue weighted by molar-refractivity contribution is 6.46. The molecule has 2 saturated carbocycles. The van der Waals surface area contributed by atoms with Crippen LogP contribution in [-0.4, -0.2) is 36.6 Å². The number of rotatable bonds is 4. The van der Waals surface area contributed by atoms with Gasteiger partial charge in [0.15, 0.2) is 0 Å². The minimum Gasteiger partial charge on any atom is -0.403 e. The SMILES string of the molecule is CC1(C)OB(CC2CC3(C2)CC(CB2OC(C)(C)C(C)(C)O2)C3)OC1(C)C. The average molecular weight is 376 g/mol. The summed E-state index contributed by atoms with van der Waals surface area (Å²) in [6.07, 6.45) is 7.48. The van der Waals surface area contributed by atoms with Gasteiger partial charge < -0.3 is 18.6 Å². The molecular formula is C21H38B2O4.